The van der Waals surface area contributed by atoms with Crippen molar-refractivity contribution >= 4 is 5.97 Å². The zero-order valence-electron chi connectivity index (χ0n) is 8.16. The van der Waals surface area contributed by atoms with E-state index in [0.717, 1.165) is 11.1 Å². The second-order valence-corrected chi connectivity index (χ2v) is 3.29. The lowest BCUT2D eigenvalue weighted by atomic mass is 9.97. The number of benzene rings is 1. The average Bonchev–Trinajstić information content (AvgIpc) is 2.08. The molecular formula is C11H11NO2. The standard InChI is InChI=1S/C11H11NO2/c1-7-3-8(2)10(5-11(13)14)9(4-7)6-12/h3-4H,5H2,1-2H3,(H,13,14). The third kappa shape index (κ3) is 2.11. The van der Waals surface area contributed by atoms with E-state index < -0.39 is 5.97 Å². The van der Waals surface area contributed by atoms with E-state index >= 15 is 0 Å². The number of carbonyl (C=O) groups is 1. The lowest BCUT2D eigenvalue weighted by Gasteiger charge is -2.06. The Morgan fingerprint density at radius 2 is 2.14 bits per heavy atom. The fourth-order valence-corrected chi connectivity index (χ4v) is 1.48. The van der Waals surface area contributed by atoms with Crippen molar-refractivity contribution < 1.29 is 9.90 Å². The Labute approximate surface area is 82.6 Å². The Morgan fingerprint density at radius 3 is 2.64 bits per heavy atom. The van der Waals surface area contributed by atoms with Gasteiger partial charge in [-0.25, -0.2) is 0 Å². The molecule has 3 nitrogen and oxygen atoms in total. The molecule has 0 unspecified atom stereocenters. The molecule has 72 valence electrons. The fraction of sp³-hybridized carbons (Fsp3) is 0.273. The fourth-order valence-electron chi connectivity index (χ4n) is 1.48. The highest BCUT2D eigenvalue weighted by atomic mass is 16.4. The average molecular weight is 189 g/mol. The van der Waals surface area contributed by atoms with Gasteiger partial charge in [-0.3, -0.25) is 4.79 Å². The number of aryl methyl sites for hydroxylation is 2. The first kappa shape index (κ1) is 10.3. The number of carboxylic acids is 1. The second-order valence-electron chi connectivity index (χ2n) is 3.29. The molecule has 0 spiro atoms. The van der Waals surface area contributed by atoms with Crippen molar-refractivity contribution in [1.82, 2.24) is 0 Å². The minimum atomic E-state index is -0.909. The van der Waals surface area contributed by atoms with Gasteiger partial charge in [-0.2, -0.15) is 5.26 Å². The van der Waals surface area contributed by atoms with Crippen LogP contribution in [0.25, 0.3) is 0 Å². The van der Waals surface area contributed by atoms with E-state index in [2.05, 4.69) is 0 Å². The first-order valence-electron chi connectivity index (χ1n) is 4.26. The van der Waals surface area contributed by atoms with Gasteiger partial charge >= 0.3 is 5.97 Å². The van der Waals surface area contributed by atoms with E-state index in [4.69, 9.17) is 10.4 Å². The summed E-state index contributed by atoms with van der Waals surface area (Å²) >= 11 is 0. The second kappa shape index (κ2) is 3.93. The van der Waals surface area contributed by atoms with E-state index in [-0.39, 0.29) is 6.42 Å². The van der Waals surface area contributed by atoms with Crippen LogP contribution >= 0.6 is 0 Å². The molecule has 0 aromatic heterocycles. The molecule has 0 aliphatic rings. The quantitative estimate of drug-likeness (QED) is 0.771. The lowest BCUT2D eigenvalue weighted by Crippen LogP contribution is -2.04. The number of aliphatic carboxylic acids is 1. The van der Waals surface area contributed by atoms with Gasteiger partial charge in [-0.1, -0.05) is 6.07 Å². The molecule has 14 heavy (non-hydrogen) atoms. The van der Waals surface area contributed by atoms with E-state index in [1.807, 2.05) is 26.0 Å². The normalized spacial score (nSPS) is 9.50. The van der Waals surface area contributed by atoms with Gasteiger partial charge in [0, 0.05) is 0 Å². The molecule has 1 aromatic rings. The molecule has 0 atom stereocenters. The van der Waals surface area contributed by atoms with Crippen molar-refractivity contribution in [2.24, 2.45) is 0 Å². The highest BCUT2D eigenvalue weighted by molar-refractivity contribution is 5.72. The number of carboxylic acid groups (broad SMARTS) is 1. The summed E-state index contributed by atoms with van der Waals surface area (Å²) in [5, 5.41) is 17.5. The van der Waals surface area contributed by atoms with Crippen LogP contribution in [0.3, 0.4) is 0 Å². The van der Waals surface area contributed by atoms with Gasteiger partial charge < -0.3 is 5.11 Å². The van der Waals surface area contributed by atoms with Crippen LogP contribution in [-0.2, 0) is 11.2 Å². The maximum atomic E-state index is 10.6. The summed E-state index contributed by atoms with van der Waals surface area (Å²) in [5.74, 6) is -0.909. The van der Waals surface area contributed by atoms with Crippen LogP contribution < -0.4 is 0 Å². The minimum Gasteiger partial charge on any atom is -0.481 e. The Morgan fingerprint density at radius 1 is 1.50 bits per heavy atom. The summed E-state index contributed by atoms with van der Waals surface area (Å²) < 4.78 is 0. The van der Waals surface area contributed by atoms with Crippen LogP contribution in [0, 0.1) is 25.2 Å². The Bertz CT molecular complexity index is 416. The van der Waals surface area contributed by atoms with E-state index in [1.54, 1.807) is 6.07 Å². The zero-order chi connectivity index (χ0) is 10.7. The molecule has 1 aromatic carbocycles. The first-order chi connectivity index (χ1) is 6.54. The largest absolute Gasteiger partial charge is 0.481 e. The van der Waals surface area contributed by atoms with Gasteiger partial charge in [0.05, 0.1) is 18.1 Å². The highest BCUT2D eigenvalue weighted by Gasteiger charge is 2.10. The number of nitriles is 1. The van der Waals surface area contributed by atoms with Gasteiger partial charge in [0.2, 0.25) is 0 Å². The number of rotatable bonds is 2. The summed E-state index contributed by atoms with van der Waals surface area (Å²) in [6.45, 7) is 3.71. The summed E-state index contributed by atoms with van der Waals surface area (Å²) in [5.41, 5.74) is 2.92. The van der Waals surface area contributed by atoms with Crippen LogP contribution in [-0.4, -0.2) is 11.1 Å². The SMILES string of the molecule is Cc1cc(C)c(CC(=O)O)c(C#N)c1. The number of hydrogen-bond donors (Lipinski definition) is 1. The third-order valence-electron chi connectivity index (χ3n) is 2.07. The highest BCUT2D eigenvalue weighted by Crippen LogP contribution is 2.16. The predicted molar refractivity (Wildman–Crippen MR) is 52.0 cm³/mol. The third-order valence-corrected chi connectivity index (χ3v) is 2.07. The zero-order valence-corrected chi connectivity index (χ0v) is 8.16. The Hall–Kier alpha value is -1.82. The first-order valence-corrected chi connectivity index (χ1v) is 4.26. The summed E-state index contributed by atoms with van der Waals surface area (Å²) in [4.78, 5) is 10.6. The van der Waals surface area contributed by atoms with Crippen molar-refractivity contribution in [3.05, 3.63) is 34.4 Å². The van der Waals surface area contributed by atoms with Gasteiger partial charge in [0.25, 0.3) is 0 Å². The van der Waals surface area contributed by atoms with Crippen molar-refractivity contribution in [1.29, 1.82) is 5.26 Å². The number of nitrogens with zero attached hydrogens (tertiary/aromatic N) is 1. The van der Waals surface area contributed by atoms with Crippen LogP contribution in [0.15, 0.2) is 12.1 Å². The molecule has 1 N–H and O–H groups in total. The molecule has 0 radical (unpaired) electrons. The van der Waals surface area contributed by atoms with Gasteiger partial charge in [-0.15, -0.1) is 0 Å². The smallest absolute Gasteiger partial charge is 0.307 e. The molecule has 0 saturated carbocycles. The van der Waals surface area contributed by atoms with Crippen LogP contribution in [0.1, 0.15) is 22.3 Å². The Kier molecular flexibility index (Phi) is 2.88. The van der Waals surface area contributed by atoms with E-state index in [1.165, 1.54) is 0 Å². The summed E-state index contributed by atoms with van der Waals surface area (Å²) in [6, 6.07) is 5.62. The molecule has 0 saturated heterocycles. The van der Waals surface area contributed by atoms with E-state index in [0.29, 0.717) is 11.1 Å². The lowest BCUT2D eigenvalue weighted by molar-refractivity contribution is -0.136. The molecule has 0 fully saturated rings. The molecule has 1 rings (SSSR count). The van der Waals surface area contributed by atoms with Crippen LogP contribution in [0.4, 0.5) is 0 Å². The summed E-state index contributed by atoms with van der Waals surface area (Å²) in [7, 11) is 0. The van der Waals surface area contributed by atoms with Gasteiger partial charge in [0.15, 0.2) is 0 Å². The monoisotopic (exact) mass is 189 g/mol. The van der Waals surface area contributed by atoms with Crippen molar-refractivity contribution in [3.63, 3.8) is 0 Å². The molecule has 0 bridgehead atoms. The van der Waals surface area contributed by atoms with Gasteiger partial charge in [-0.05, 0) is 36.6 Å². The topological polar surface area (TPSA) is 61.1 Å². The molecular weight excluding hydrogens is 178 g/mol. The molecule has 0 heterocycles. The van der Waals surface area contributed by atoms with Gasteiger partial charge in [0.1, 0.15) is 0 Å². The molecule has 0 aliphatic heterocycles. The predicted octanol–water partition coefficient (Wildman–Crippen LogP) is 1.80. The van der Waals surface area contributed by atoms with Crippen molar-refractivity contribution in [2.45, 2.75) is 20.3 Å². The number of hydrogen-bond acceptors (Lipinski definition) is 2. The van der Waals surface area contributed by atoms with Crippen molar-refractivity contribution in [3.8, 4) is 6.07 Å². The maximum Gasteiger partial charge on any atom is 0.307 e. The molecule has 3 heteroatoms. The maximum absolute atomic E-state index is 10.6. The minimum absolute atomic E-state index is 0.0883. The van der Waals surface area contributed by atoms with Crippen LogP contribution in [0.5, 0.6) is 0 Å². The van der Waals surface area contributed by atoms with Crippen LogP contribution in [0.2, 0.25) is 0 Å². The van der Waals surface area contributed by atoms with E-state index in [9.17, 15) is 4.79 Å². The van der Waals surface area contributed by atoms with Crippen molar-refractivity contribution in [2.75, 3.05) is 0 Å². The summed E-state index contributed by atoms with van der Waals surface area (Å²) in [6.07, 6.45) is -0.0883. The molecule has 0 aliphatic carbocycles. The molecule has 0 amide bonds. The Balaban J connectivity index is 3.27.